The summed E-state index contributed by atoms with van der Waals surface area (Å²) in [5, 5.41) is 8.98. The van der Waals surface area contributed by atoms with Gasteiger partial charge in [0.1, 0.15) is 6.29 Å². The Bertz CT molecular complexity index is 544. The van der Waals surface area contributed by atoms with Gasteiger partial charge >= 0.3 is 7.12 Å². The normalized spacial score (nSPS) is 20.1. The summed E-state index contributed by atoms with van der Waals surface area (Å²) < 4.78 is 11.8. The lowest BCUT2D eigenvalue weighted by Gasteiger charge is -2.32. The molecule has 0 N–H and O–H groups in total. The maximum Gasteiger partial charge on any atom is 0.494 e. The molecule has 1 aliphatic rings. The van der Waals surface area contributed by atoms with Crippen LogP contribution < -0.4 is 5.46 Å². The first-order valence-corrected chi connectivity index (χ1v) is 6.15. The third-order valence-electron chi connectivity index (χ3n) is 3.77. The second-order valence-corrected chi connectivity index (χ2v) is 5.71. The lowest BCUT2D eigenvalue weighted by Crippen LogP contribution is -2.41. The molecule has 19 heavy (non-hydrogen) atoms. The fourth-order valence-electron chi connectivity index (χ4n) is 1.92. The largest absolute Gasteiger partial charge is 0.494 e. The molecule has 0 amide bonds. The summed E-state index contributed by atoms with van der Waals surface area (Å²) in [6.07, 6.45) is 0.718. The summed E-state index contributed by atoms with van der Waals surface area (Å²) in [6, 6.07) is 6.96. The second kappa shape index (κ2) is 4.48. The molecule has 0 radical (unpaired) electrons. The molecule has 1 aliphatic heterocycles. The highest BCUT2D eigenvalue weighted by Gasteiger charge is 2.51. The molecule has 0 unspecified atom stereocenters. The van der Waals surface area contributed by atoms with Crippen LogP contribution in [0.5, 0.6) is 0 Å². The fourth-order valence-corrected chi connectivity index (χ4v) is 1.92. The van der Waals surface area contributed by atoms with Crippen molar-refractivity contribution in [1.29, 1.82) is 5.26 Å². The summed E-state index contributed by atoms with van der Waals surface area (Å²) in [5.74, 6) is 0. The van der Waals surface area contributed by atoms with Crippen LogP contribution in [0.15, 0.2) is 18.2 Å². The Morgan fingerprint density at radius 1 is 1.16 bits per heavy atom. The first kappa shape index (κ1) is 13.8. The molecule has 0 spiro atoms. The Balaban J connectivity index is 2.39. The van der Waals surface area contributed by atoms with E-state index < -0.39 is 18.3 Å². The summed E-state index contributed by atoms with van der Waals surface area (Å²) in [7, 11) is -0.558. The van der Waals surface area contributed by atoms with E-state index in [1.165, 1.54) is 0 Å². The third kappa shape index (κ3) is 2.42. The minimum Gasteiger partial charge on any atom is -0.399 e. The van der Waals surface area contributed by atoms with Crippen LogP contribution in [0.2, 0.25) is 0 Å². The van der Waals surface area contributed by atoms with Crippen LogP contribution in [0.4, 0.5) is 0 Å². The molecule has 1 heterocycles. The van der Waals surface area contributed by atoms with Crippen molar-refractivity contribution in [3.05, 3.63) is 29.3 Å². The van der Waals surface area contributed by atoms with Gasteiger partial charge in [-0.3, -0.25) is 4.79 Å². The van der Waals surface area contributed by atoms with E-state index in [1.807, 2.05) is 33.8 Å². The number of nitrogens with zero attached hydrogens (tertiary/aromatic N) is 1. The molecule has 4 nitrogen and oxygen atoms in total. The number of hydrogen-bond donors (Lipinski definition) is 0. The first-order valence-electron chi connectivity index (χ1n) is 6.15. The topological polar surface area (TPSA) is 59.3 Å². The molecule has 1 fully saturated rings. The number of benzene rings is 1. The van der Waals surface area contributed by atoms with Gasteiger partial charge in [-0.25, -0.2) is 0 Å². The monoisotopic (exact) mass is 257 g/mol. The van der Waals surface area contributed by atoms with Gasteiger partial charge in [0.05, 0.1) is 22.8 Å². The molecule has 1 aromatic carbocycles. The van der Waals surface area contributed by atoms with Gasteiger partial charge in [0.25, 0.3) is 0 Å². The molecule has 0 bridgehead atoms. The van der Waals surface area contributed by atoms with Crippen molar-refractivity contribution in [2.75, 3.05) is 0 Å². The van der Waals surface area contributed by atoms with E-state index in [1.54, 1.807) is 18.2 Å². The van der Waals surface area contributed by atoms with Gasteiger partial charge in [-0.2, -0.15) is 5.26 Å². The van der Waals surface area contributed by atoms with Crippen molar-refractivity contribution < 1.29 is 14.1 Å². The molecule has 2 rings (SSSR count). The molecule has 0 aromatic heterocycles. The molecule has 0 atom stereocenters. The van der Waals surface area contributed by atoms with Gasteiger partial charge in [0, 0.05) is 5.56 Å². The molecule has 0 saturated carbocycles. The molecular weight excluding hydrogens is 241 g/mol. The van der Waals surface area contributed by atoms with Gasteiger partial charge in [-0.1, -0.05) is 6.07 Å². The Morgan fingerprint density at radius 2 is 1.74 bits per heavy atom. The quantitative estimate of drug-likeness (QED) is 0.597. The second-order valence-electron chi connectivity index (χ2n) is 5.71. The van der Waals surface area contributed by atoms with Crippen LogP contribution >= 0.6 is 0 Å². The Kier molecular flexibility index (Phi) is 3.25. The van der Waals surface area contributed by atoms with Crippen LogP contribution in [0.3, 0.4) is 0 Å². The van der Waals surface area contributed by atoms with E-state index >= 15 is 0 Å². The van der Waals surface area contributed by atoms with Crippen molar-refractivity contribution in [2.45, 2.75) is 38.9 Å². The van der Waals surface area contributed by atoms with E-state index in [9.17, 15) is 4.79 Å². The van der Waals surface area contributed by atoms with Crippen molar-refractivity contribution in [3.63, 3.8) is 0 Å². The Hall–Kier alpha value is -1.64. The van der Waals surface area contributed by atoms with Crippen LogP contribution in [0, 0.1) is 11.3 Å². The molecule has 1 aromatic rings. The maximum atomic E-state index is 10.9. The van der Waals surface area contributed by atoms with Gasteiger partial charge in [-0.15, -0.1) is 0 Å². The average Bonchev–Trinajstić information content (AvgIpc) is 2.58. The van der Waals surface area contributed by atoms with Gasteiger partial charge in [0.2, 0.25) is 0 Å². The summed E-state index contributed by atoms with van der Waals surface area (Å²) in [4.78, 5) is 10.9. The summed E-state index contributed by atoms with van der Waals surface area (Å²) in [6.45, 7) is 7.84. The van der Waals surface area contributed by atoms with Crippen LogP contribution in [-0.4, -0.2) is 24.6 Å². The van der Waals surface area contributed by atoms with Gasteiger partial charge in [-0.05, 0) is 45.3 Å². The Labute approximate surface area is 113 Å². The minimum atomic E-state index is -0.558. The van der Waals surface area contributed by atoms with E-state index in [0.717, 1.165) is 6.29 Å². The fraction of sp³-hybridized carbons (Fsp3) is 0.429. The lowest BCUT2D eigenvalue weighted by molar-refractivity contribution is 0.00578. The lowest BCUT2D eigenvalue weighted by atomic mass is 9.77. The number of nitriles is 1. The highest BCUT2D eigenvalue weighted by Crippen LogP contribution is 2.36. The highest BCUT2D eigenvalue weighted by atomic mass is 16.7. The van der Waals surface area contributed by atoms with Crippen molar-refractivity contribution in [2.24, 2.45) is 0 Å². The number of carbonyl (C=O) groups excluding carboxylic acids is 1. The van der Waals surface area contributed by atoms with Crippen LogP contribution in [-0.2, 0) is 9.31 Å². The van der Waals surface area contributed by atoms with Gasteiger partial charge < -0.3 is 9.31 Å². The van der Waals surface area contributed by atoms with Gasteiger partial charge in [0.15, 0.2) is 0 Å². The predicted molar refractivity (Wildman–Crippen MR) is 72.3 cm³/mol. The predicted octanol–water partition coefficient (Wildman–Crippen LogP) is 1.67. The third-order valence-corrected chi connectivity index (χ3v) is 3.77. The standard InChI is InChI=1S/C14H16BNO3/c1-13(2)14(3,4)19-15(18-13)12-6-10(8-16)5-11(7-12)9-17/h5-7,9H,1-4H3. The average molecular weight is 257 g/mol. The summed E-state index contributed by atoms with van der Waals surface area (Å²) in [5.41, 5.74) is 0.682. The summed E-state index contributed by atoms with van der Waals surface area (Å²) >= 11 is 0. The zero-order valence-corrected chi connectivity index (χ0v) is 11.6. The minimum absolute atomic E-state index is 0.425. The highest BCUT2D eigenvalue weighted by molar-refractivity contribution is 6.62. The number of rotatable bonds is 2. The molecule has 5 heteroatoms. The smallest absolute Gasteiger partial charge is 0.399 e. The molecule has 98 valence electrons. The van der Waals surface area contributed by atoms with E-state index in [2.05, 4.69) is 0 Å². The SMILES string of the molecule is CC1(C)OB(c2cc(C#N)cc(C=O)c2)OC1(C)C. The van der Waals surface area contributed by atoms with Crippen LogP contribution in [0.1, 0.15) is 43.6 Å². The van der Waals surface area contributed by atoms with Crippen LogP contribution in [0.25, 0.3) is 0 Å². The maximum absolute atomic E-state index is 10.9. The number of hydrogen-bond acceptors (Lipinski definition) is 4. The number of carbonyl (C=O) groups is 1. The van der Waals surface area contributed by atoms with Crippen molar-refractivity contribution in [1.82, 2.24) is 0 Å². The molecule has 0 aliphatic carbocycles. The molecular formula is C14H16BNO3. The number of aldehydes is 1. The first-order chi connectivity index (χ1) is 8.79. The van der Waals surface area contributed by atoms with E-state index in [0.29, 0.717) is 16.6 Å². The zero-order chi connectivity index (χ0) is 14.3. The van der Waals surface area contributed by atoms with Crippen molar-refractivity contribution >= 4 is 18.9 Å². The van der Waals surface area contributed by atoms with Crippen molar-refractivity contribution in [3.8, 4) is 6.07 Å². The Morgan fingerprint density at radius 3 is 2.21 bits per heavy atom. The zero-order valence-electron chi connectivity index (χ0n) is 11.6. The van der Waals surface area contributed by atoms with E-state index in [-0.39, 0.29) is 0 Å². The molecule has 1 saturated heterocycles. The van der Waals surface area contributed by atoms with E-state index in [4.69, 9.17) is 14.6 Å².